The molecule has 0 spiro atoms. The fraction of sp³-hybridized carbons (Fsp3) is 0.211. The summed E-state index contributed by atoms with van der Waals surface area (Å²) in [5.41, 5.74) is 0.676. The number of carbonyl (C=O) groups excluding carboxylic acids is 5. The Bertz CT molecular complexity index is 958. The van der Waals surface area contributed by atoms with Crippen molar-refractivity contribution < 1.29 is 28.7 Å². The van der Waals surface area contributed by atoms with Gasteiger partial charge in [0.25, 0.3) is 23.6 Å². The molecule has 1 N–H and O–H groups in total. The molecule has 0 bridgehead atoms. The SMILES string of the molecule is C[C@@H](C(=O)OCC(=O)NC(=O)c1cccn1C)N1C(=O)c2ccccc2C1=O. The molecule has 144 valence electrons. The lowest BCUT2D eigenvalue weighted by atomic mass is 10.1. The van der Waals surface area contributed by atoms with E-state index in [1.165, 1.54) is 29.7 Å². The van der Waals surface area contributed by atoms with Gasteiger partial charge in [0.05, 0.1) is 11.1 Å². The highest BCUT2D eigenvalue weighted by atomic mass is 16.5. The predicted molar refractivity (Wildman–Crippen MR) is 95.2 cm³/mol. The van der Waals surface area contributed by atoms with Gasteiger partial charge in [0.2, 0.25) is 0 Å². The number of fused-ring (bicyclic) bond motifs is 1. The van der Waals surface area contributed by atoms with Crippen molar-refractivity contribution >= 4 is 29.6 Å². The van der Waals surface area contributed by atoms with Gasteiger partial charge in [-0.25, -0.2) is 4.79 Å². The summed E-state index contributed by atoms with van der Waals surface area (Å²) in [5.74, 6) is -3.60. The van der Waals surface area contributed by atoms with Crippen LogP contribution in [0.25, 0.3) is 0 Å². The van der Waals surface area contributed by atoms with Gasteiger partial charge in [-0.2, -0.15) is 0 Å². The van der Waals surface area contributed by atoms with Crippen molar-refractivity contribution in [1.82, 2.24) is 14.8 Å². The van der Waals surface area contributed by atoms with Crippen molar-refractivity contribution in [3.05, 3.63) is 59.4 Å². The summed E-state index contributed by atoms with van der Waals surface area (Å²) in [6.07, 6.45) is 1.64. The molecule has 0 unspecified atom stereocenters. The quantitative estimate of drug-likeness (QED) is 0.594. The lowest BCUT2D eigenvalue weighted by molar-refractivity contribution is -0.151. The number of nitrogens with one attached hydrogen (secondary N) is 1. The number of carbonyl (C=O) groups is 5. The van der Waals surface area contributed by atoms with Crippen molar-refractivity contribution in [3.63, 3.8) is 0 Å². The summed E-state index contributed by atoms with van der Waals surface area (Å²) in [7, 11) is 1.64. The van der Waals surface area contributed by atoms with E-state index in [2.05, 4.69) is 5.32 Å². The zero-order valence-electron chi connectivity index (χ0n) is 15.2. The van der Waals surface area contributed by atoms with Gasteiger partial charge in [0, 0.05) is 13.2 Å². The predicted octanol–water partition coefficient (Wildman–Crippen LogP) is 0.509. The van der Waals surface area contributed by atoms with Crippen LogP contribution in [0, 0.1) is 0 Å². The molecule has 1 aromatic heterocycles. The van der Waals surface area contributed by atoms with Crippen LogP contribution in [0.15, 0.2) is 42.6 Å². The van der Waals surface area contributed by atoms with Gasteiger partial charge in [0.1, 0.15) is 11.7 Å². The van der Waals surface area contributed by atoms with E-state index in [1.54, 1.807) is 31.4 Å². The molecule has 9 heteroatoms. The minimum atomic E-state index is -1.22. The summed E-state index contributed by atoms with van der Waals surface area (Å²) in [6.45, 7) is 0.611. The van der Waals surface area contributed by atoms with Crippen LogP contribution < -0.4 is 5.32 Å². The Kier molecular flexibility index (Phi) is 5.08. The highest BCUT2D eigenvalue weighted by Gasteiger charge is 2.41. The first-order valence-electron chi connectivity index (χ1n) is 8.40. The molecular formula is C19H17N3O6. The number of nitrogens with zero attached hydrogens (tertiary/aromatic N) is 2. The number of ether oxygens (including phenoxy) is 1. The molecule has 4 amide bonds. The van der Waals surface area contributed by atoms with E-state index in [9.17, 15) is 24.0 Å². The summed E-state index contributed by atoms with van der Waals surface area (Å²) in [4.78, 5) is 61.5. The number of benzene rings is 1. The molecule has 2 heterocycles. The Balaban J connectivity index is 1.57. The first-order chi connectivity index (χ1) is 13.3. The monoisotopic (exact) mass is 383 g/mol. The molecule has 9 nitrogen and oxygen atoms in total. The highest BCUT2D eigenvalue weighted by Crippen LogP contribution is 2.24. The minimum absolute atomic E-state index is 0.207. The molecule has 2 aromatic rings. The molecule has 0 aliphatic carbocycles. The minimum Gasteiger partial charge on any atom is -0.454 e. The van der Waals surface area contributed by atoms with Gasteiger partial charge in [-0.1, -0.05) is 12.1 Å². The van der Waals surface area contributed by atoms with Crippen molar-refractivity contribution in [2.24, 2.45) is 7.05 Å². The van der Waals surface area contributed by atoms with Crippen LogP contribution in [0.3, 0.4) is 0 Å². The van der Waals surface area contributed by atoms with Gasteiger partial charge in [-0.05, 0) is 31.2 Å². The smallest absolute Gasteiger partial charge is 0.329 e. The number of aryl methyl sites for hydroxylation is 1. The van der Waals surface area contributed by atoms with E-state index in [0.717, 1.165) is 4.90 Å². The fourth-order valence-corrected chi connectivity index (χ4v) is 2.85. The average Bonchev–Trinajstić information content (AvgIpc) is 3.21. The number of esters is 1. The van der Waals surface area contributed by atoms with E-state index < -0.39 is 42.2 Å². The topological polar surface area (TPSA) is 115 Å². The van der Waals surface area contributed by atoms with E-state index in [1.807, 2.05) is 0 Å². The average molecular weight is 383 g/mol. The van der Waals surface area contributed by atoms with Crippen LogP contribution >= 0.6 is 0 Å². The van der Waals surface area contributed by atoms with Crippen LogP contribution in [0.5, 0.6) is 0 Å². The van der Waals surface area contributed by atoms with Crippen LogP contribution in [0.1, 0.15) is 38.1 Å². The summed E-state index contributed by atoms with van der Waals surface area (Å²) in [5, 5.41) is 2.10. The third kappa shape index (κ3) is 3.41. The first kappa shape index (κ1) is 19.0. The zero-order chi connectivity index (χ0) is 20.4. The summed E-state index contributed by atoms with van der Waals surface area (Å²) >= 11 is 0. The molecule has 1 aromatic carbocycles. The number of hydrogen-bond donors (Lipinski definition) is 1. The Hall–Kier alpha value is -3.75. The largest absolute Gasteiger partial charge is 0.454 e. The molecule has 0 saturated carbocycles. The lowest BCUT2D eigenvalue weighted by Crippen LogP contribution is -2.44. The number of hydrogen-bond acceptors (Lipinski definition) is 6. The van der Waals surface area contributed by atoms with E-state index in [4.69, 9.17) is 4.74 Å². The zero-order valence-corrected chi connectivity index (χ0v) is 15.2. The second kappa shape index (κ2) is 7.47. The van der Waals surface area contributed by atoms with Crippen LogP contribution in [0.2, 0.25) is 0 Å². The number of rotatable bonds is 5. The first-order valence-corrected chi connectivity index (χ1v) is 8.40. The van der Waals surface area contributed by atoms with Gasteiger partial charge in [-0.3, -0.25) is 29.4 Å². The molecule has 1 aliphatic heterocycles. The van der Waals surface area contributed by atoms with Gasteiger partial charge < -0.3 is 9.30 Å². The van der Waals surface area contributed by atoms with Crippen molar-refractivity contribution in [1.29, 1.82) is 0 Å². The van der Waals surface area contributed by atoms with Gasteiger partial charge in [-0.15, -0.1) is 0 Å². The Labute approximate surface area is 159 Å². The highest BCUT2D eigenvalue weighted by molar-refractivity contribution is 6.22. The molecule has 0 radical (unpaired) electrons. The summed E-state index contributed by atoms with van der Waals surface area (Å²) < 4.78 is 6.39. The number of imide groups is 2. The van der Waals surface area contributed by atoms with Gasteiger partial charge in [0.15, 0.2) is 6.61 Å². The van der Waals surface area contributed by atoms with Crippen LogP contribution in [-0.4, -0.2) is 51.7 Å². The number of aromatic nitrogens is 1. The normalized spacial score (nSPS) is 13.9. The van der Waals surface area contributed by atoms with E-state index in [0.29, 0.717) is 0 Å². The molecule has 3 rings (SSSR count). The van der Waals surface area contributed by atoms with Crippen molar-refractivity contribution in [2.45, 2.75) is 13.0 Å². The second-order valence-electron chi connectivity index (χ2n) is 6.19. The Morgan fingerprint density at radius 2 is 1.64 bits per heavy atom. The third-order valence-corrected chi connectivity index (χ3v) is 4.33. The lowest BCUT2D eigenvalue weighted by Gasteiger charge is -2.20. The van der Waals surface area contributed by atoms with Crippen LogP contribution in [-0.2, 0) is 21.4 Å². The second-order valence-corrected chi connectivity index (χ2v) is 6.19. The van der Waals surface area contributed by atoms with Crippen LogP contribution in [0.4, 0.5) is 0 Å². The maximum atomic E-state index is 12.4. The maximum absolute atomic E-state index is 12.4. The molecule has 1 aliphatic rings. The van der Waals surface area contributed by atoms with E-state index >= 15 is 0 Å². The van der Waals surface area contributed by atoms with Crippen molar-refractivity contribution in [2.75, 3.05) is 6.61 Å². The number of amides is 4. The fourth-order valence-electron chi connectivity index (χ4n) is 2.85. The third-order valence-electron chi connectivity index (χ3n) is 4.33. The standard InChI is InChI=1S/C19H17N3O6/c1-11(22-17(25)12-6-3-4-7-13(12)18(22)26)19(27)28-10-15(23)20-16(24)14-8-5-9-21(14)2/h3-9,11H,10H2,1-2H3,(H,20,23,24)/t11-/m0/s1. The van der Waals surface area contributed by atoms with Gasteiger partial charge >= 0.3 is 5.97 Å². The summed E-state index contributed by atoms with van der Waals surface area (Å²) in [6, 6.07) is 8.17. The molecule has 28 heavy (non-hydrogen) atoms. The van der Waals surface area contributed by atoms with E-state index in [-0.39, 0.29) is 16.8 Å². The molecule has 1 atom stereocenters. The maximum Gasteiger partial charge on any atom is 0.329 e. The Morgan fingerprint density at radius 1 is 1.04 bits per heavy atom. The Morgan fingerprint density at radius 3 is 2.18 bits per heavy atom. The molecule has 0 fully saturated rings. The van der Waals surface area contributed by atoms with Crippen molar-refractivity contribution in [3.8, 4) is 0 Å². The molecular weight excluding hydrogens is 366 g/mol. The molecule has 0 saturated heterocycles.